The van der Waals surface area contributed by atoms with Crippen molar-refractivity contribution in [1.82, 2.24) is 4.98 Å². The van der Waals surface area contributed by atoms with Crippen LogP contribution in [0.1, 0.15) is 49.4 Å². The molecule has 1 saturated carbocycles. The van der Waals surface area contributed by atoms with Crippen molar-refractivity contribution in [2.45, 2.75) is 45.1 Å². The first kappa shape index (κ1) is 14.8. The normalized spacial score (nSPS) is 22.6. The van der Waals surface area contributed by atoms with Crippen molar-refractivity contribution in [3.8, 4) is 0 Å². The minimum absolute atomic E-state index is 0.143. The third kappa shape index (κ3) is 2.92. The van der Waals surface area contributed by atoms with E-state index in [1.54, 1.807) is 11.9 Å². The van der Waals surface area contributed by atoms with E-state index in [9.17, 15) is 9.18 Å². The Kier molecular flexibility index (Phi) is 4.57. The molecule has 1 heterocycles. The summed E-state index contributed by atoms with van der Waals surface area (Å²) in [5.41, 5.74) is -0.316. The van der Waals surface area contributed by atoms with Crippen molar-refractivity contribution in [2.75, 3.05) is 11.9 Å². The summed E-state index contributed by atoms with van der Waals surface area (Å²) in [5.74, 6) is -1.08. The van der Waals surface area contributed by atoms with Crippen LogP contribution in [0.2, 0.25) is 0 Å². The SMILES string of the molecule is CCC1CCC(N(C)c2nccc(C(=O)O)c2F)CC1. The van der Waals surface area contributed by atoms with Crippen molar-refractivity contribution in [1.29, 1.82) is 0 Å². The predicted molar refractivity (Wildman–Crippen MR) is 75.6 cm³/mol. The van der Waals surface area contributed by atoms with E-state index in [1.165, 1.54) is 18.7 Å². The summed E-state index contributed by atoms with van der Waals surface area (Å²) in [4.78, 5) is 16.8. The molecule has 20 heavy (non-hydrogen) atoms. The Labute approximate surface area is 118 Å². The van der Waals surface area contributed by atoms with E-state index in [1.807, 2.05) is 0 Å². The Morgan fingerprint density at radius 3 is 2.65 bits per heavy atom. The molecule has 0 radical (unpaired) electrons. The third-order valence-corrected chi connectivity index (χ3v) is 4.38. The number of nitrogens with zero attached hydrogens (tertiary/aromatic N) is 2. The molecule has 1 aromatic rings. The first-order valence-electron chi connectivity index (χ1n) is 7.15. The molecule has 1 aromatic heterocycles. The Hall–Kier alpha value is -1.65. The van der Waals surface area contributed by atoms with Gasteiger partial charge in [0.2, 0.25) is 0 Å². The van der Waals surface area contributed by atoms with Crippen LogP contribution in [0.4, 0.5) is 10.2 Å². The van der Waals surface area contributed by atoms with Gasteiger partial charge in [0.1, 0.15) is 5.56 Å². The number of carboxylic acid groups (broad SMARTS) is 1. The predicted octanol–water partition coefficient (Wildman–Crippen LogP) is 3.32. The molecule has 1 aliphatic rings. The molecule has 0 unspecified atom stereocenters. The molecule has 1 aliphatic carbocycles. The van der Waals surface area contributed by atoms with E-state index in [0.29, 0.717) is 0 Å². The van der Waals surface area contributed by atoms with Gasteiger partial charge in [-0.3, -0.25) is 0 Å². The second-order valence-electron chi connectivity index (χ2n) is 5.49. The van der Waals surface area contributed by atoms with Crippen LogP contribution in [0, 0.1) is 11.7 Å². The number of rotatable bonds is 4. The fraction of sp³-hybridized carbons (Fsp3) is 0.600. The zero-order valence-electron chi connectivity index (χ0n) is 12.0. The lowest BCUT2D eigenvalue weighted by Gasteiger charge is -2.35. The lowest BCUT2D eigenvalue weighted by atomic mass is 9.84. The molecule has 0 atom stereocenters. The quantitative estimate of drug-likeness (QED) is 0.919. The van der Waals surface area contributed by atoms with Crippen molar-refractivity contribution >= 4 is 11.8 Å². The first-order chi connectivity index (χ1) is 9.54. The summed E-state index contributed by atoms with van der Waals surface area (Å²) in [6.07, 6.45) is 6.85. The molecule has 0 amide bonds. The first-order valence-corrected chi connectivity index (χ1v) is 7.15. The smallest absolute Gasteiger partial charge is 0.338 e. The molecule has 4 nitrogen and oxygen atoms in total. The summed E-state index contributed by atoms with van der Waals surface area (Å²) in [5, 5.41) is 8.96. The fourth-order valence-electron chi connectivity index (χ4n) is 2.96. The molecule has 1 N–H and O–H groups in total. The summed E-state index contributed by atoms with van der Waals surface area (Å²) in [6.45, 7) is 2.20. The zero-order valence-corrected chi connectivity index (χ0v) is 12.0. The highest BCUT2D eigenvalue weighted by molar-refractivity contribution is 5.88. The maximum atomic E-state index is 14.2. The molecule has 1 fully saturated rings. The van der Waals surface area contributed by atoms with Gasteiger partial charge in [-0.1, -0.05) is 13.3 Å². The highest BCUT2D eigenvalue weighted by atomic mass is 19.1. The maximum Gasteiger partial charge on any atom is 0.338 e. The summed E-state index contributed by atoms with van der Waals surface area (Å²) >= 11 is 0. The van der Waals surface area contributed by atoms with Gasteiger partial charge in [-0.2, -0.15) is 0 Å². The third-order valence-electron chi connectivity index (χ3n) is 4.38. The topological polar surface area (TPSA) is 53.4 Å². The van der Waals surface area contributed by atoms with Crippen LogP contribution in [-0.4, -0.2) is 29.1 Å². The van der Waals surface area contributed by atoms with Crippen molar-refractivity contribution in [3.63, 3.8) is 0 Å². The molecule has 0 saturated heterocycles. The zero-order chi connectivity index (χ0) is 14.7. The van der Waals surface area contributed by atoms with E-state index in [-0.39, 0.29) is 17.4 Å². The van der Waals surface area contributed by atoms with E-state index in [0.717, 1.165) is 31.6 Å². The van der Waals surface area contributed by atoms with Crippen LogP contribution in [0.15, 0.2) is 12.3 Å². The van der Waals surface area contributed by atoms with Crippen LogP contribution in [-0.2, 0) is 0 Å². The molecule has 5 heteroatoms. The fourth-order valence-corrected chi connectivity index (χ4v) is 2.96. The Morgan fingerprint density at radius 1 is 1.45 bits per heavy atom. The molecule has 0 aliphatic heterocycles. The van der Waals surface area contributed by atoms with Crippen LogP contribution in [0.5, 0.6) is 0 Å². The van der Waals surface area contributed by atoms with Crippen LogP contribution < -0.4 is 4.90 Å². The Bertz CT molecular complexity index is 485. The minimum atomic E-state index is -1.26. The van der Waals surface area contributed by atoms with Gasteiger partial charge in [-0.25, -0.2) is 14.2 Å². The minimum Gasteiger partial charge on any atom is -0.478 e. The van der Waals surface area contributed by atoms with Gasteiger partial charge in [0.05, 0.1) is 0 Å². The average Bonchev–Trinajstić information content (AvgIpc) is 2.46. The van der Waals surface area contributed by atoms with Gasteiger partial charge in [0.25, 0.3) is 0 Å². The second-order valence-corrected chi connectivity index (χ2v) is 5.49. The molecular weight excluding hydrogens is 259 g/mol. The largest absolute Gasteiger partial charge is 0.478 e. The van der Waals surface area contributed by atoms with Gasteiger partial charge >= 0.3 is 5.97 Å². The number of halogens is 1. The number of pyridine rings is 1. The number of aromatic nitrogens is 1. The molecule has 110 valence electrons. The number of anilines is 1. The lowest BCUT2D eigenvalue weighted by Crippen LogP contribution is -2.36. The monoisotopic (exact) mass is 280 g/mol. The van der Waals surface area contributed by atoms with Gasteiger partial charge in [0, 0.05) is 19.3 Å². The van der Waals surface area contributed by atoms with Gasteiger partial charge in [-0.05, 0) is 37.7 Å². The highest BCUT2D eigenvalue weighted by Crippen LogP contribution is 2.31. The summed E-state index contributed by atoms with van der Waals surface area (Å²) in [7, 11) is 1.80. The summed E-state index contributed by atoms with van der Waals surface area (Å²) < 4.78 is 14.2. The lowest BCUT2D eigenvalue weighted by molar-refractivity contribution is 0.0691. The Balaban J connectivity index is 2.15. The number of hydrogen-bond acceptors (Lipinski definition) is 3. The van der Waals surface area contributed by atoms with Crippen LogP contribution in [0.25, 0.3) is 0 Å². The van der Waals surface area contributed by atoms with Crippen molar-refractivity contribution in [3.05, 3.63) is 23.6 Å². The Morgan fingerprint density at radius 2 is 2.10 bits per heavy atom. The molecule has 0 aromatic carbocycles. The number of aromatic carboxylic acids is 1. The molecule has 0 spiro atoms. The number of carboxylic acids is 1. The van der Waals surface area contributed by atoms with E-state index in [2.05, 4.69) is 11.9 Å². The average molecular weight is 280 g/mol. The van der Waals surface area contributed by atoms with E-state index >= 15 is 0 Å². The molecular formula is C15H21FN2O2. The van der Waals surface area contributed by atoms with Crippen LogP contribution in [0.3, 0.4) is 0 Å². The molecule has 2 rings (SSSR count). The number of carbonyl (C=O) groups is 1. The summed E-state index contributed by atoms with van der Waals surface area (Å²) in [6, 6.07) is 1.44. The van der Waals surface area contributed by atoms with Crippen LogP contribution >= 0.6 is 0 Å². The second kappa shape index (κ2) is 6.20. The maximum absolute atomic E-state index is 14.2. The molecule has 0 bridgehead atoms. The van der Waals surface area contributed by atoms with Gasteiger partial charge in [-0.15, -0.1) is 0 Å². The van der Waals surface area contributed by atoms with Gasteiger partial charge in [0.15, 0.2) is 11.6 Å². The van der Waals surface area contributed by atoms with Crippen molar-refractivity contribution < 1.29 is 14.3 Å². The highest BCUT2D eigenvalue weighted by Gasteiger charge is 2.26. The standard InChI is InChI=1S/C15H21FN2O2/c1-3-10-4-6-11(7-5-10)18(2)14-13(16)12(15(19)20)8-9-17-14/h8-11H,3-7H2,1-2H3,(H,19,20). The van der Waals surface area contributed by atoms with Gasteiger partial charge < -0.3 is 10.0 Å². The van der Waals surface area contributed by atoms with E-state index < -0.39 is 11.8 Å². The number of hydrogen-bond donors (Lipinski definition) is 1. The van der Waals surface area contributed by atoms with Crippen molar-refractivity contribution in [2.24, 2.45) is 5.92 Å². The van der Waals surface area contributed by atoms with E-state index in [4.69, 9.17) is 5.11 Å².